The quantitative estimate of drug-likeness (QED) is 0.422. The molecule has 0 aliphatic carbocycles. The maximum absolute atomic E-state index is 8.31. The average Bonchev–Trinajstić information content (AvgIpc) is 1.38. The molecule has 0 heterocycles. The third kappa shape index (κ3) is 4.83. The fraction of sp³-hybridized carbons (Fsp3) is 1.00. The van der Waals surface area contributed by atoms with Crippen LogP contribution in [0.3, 0.4) is 0 Å². The van der Waals surface area contributed by atoms with Gasteiger partial charge in [-0.25, -0.2) is 0 Å². The molecule has 1 unspecified atom stereocenters. The number of aliphatic hydroxyl groups excluding tert-OH is 1. The average molecular weight is 157 g/mol. The minimum atomic E-state index is -0.227. The van der Waals surface area contributed by atoms with E-state index >= 15 is 0 Å². The van der Waals surface area contributed by atoms with E-state index in [4.69, 9.17) is 5.11 Å². The molecule has 1 nitrogen and oxygen atoms in total. The molecule has 0 fully saturated rings. The summed E-state index contributed by atoms with van der Waals surface area (Å²) in [6.45, 7) is 1.73. The molecule has 0 spiro atoms. The third-order valence-electron chi connectivity index (χ3n) is 0.153. The molecule has 0 aliphatic rings. The van der Waals surface area contributed by atoms with Crippen LogP contribution in [0.15, 0.2) is 0 Å². The maximum atomic E-state index is 8.31. The number of hydrogen-bond donors (Lipinski definition) is 1. The standard InChI is InChI=1S/C2H6OSSe/c1-2(3)4-5/h2-3,5H,1H3. The van der Waals surface area contributed by atoms with Gasteiger partial charge in [-0.1, -0.05) is 0 Å². The van der Waals surface area contributed by atoms with Crippen molar-refractivity contribution in [3.8, 4) is 0 Å². The summed E-state index contributed by atoms with van der Waals surface area (Å²) < 4.78 is 0. The summed E-state index contributed by atoms with van der Waals surface area (Å²) >= 11 is 2.24. The number of rotatable bonds is 1. The first-order valence-corrected chi connectivity index (χ1v) is 4.39. The van der Waals surface area contributed by atoms with Crippen LogP contribution in [0, 0.1) is 0 Å². The minimum absolute atomic E-state index is 0.227. The van der Waals surface area contributed by atoms with E-state index in [-0.39, 0.29) is 5.44 Å². The van der Waals surface area contributed by atoms with Crippen molar-refractivity contribution < 1.29 is 5.11 Å². The van der Waals surface area contributed by atoms with Crippen LogP contribution in [-0.2, 0) is 0 Å². The van der Waals surface area contributed by atoms with E-state index in [1.807, 2.05) is 0 Å². The van der Waals surface area contributed by atoms with E-state index in [0.717, 1.165) is 0 Å². The molecule has 32 valence electrons. The summed E-state index contributed by atoms with van der Waals surface area (Å²) in [7, 11) is 1.37. The molecule has 0 aromatic heterocycles. The van der Waals surface area contributed by atoms with E-state index in [0.29, 0.717) is 0 Å². The van der Waals surface area contributed by atoms with Crippen molar-refractivity contribution in [3.63, 3.8) is 0 Å². The Bertz CT molecular complexity index is 23.6. The Kier molecular flexibility index (Phi) is 3.54. The van der Waals surface area contributed by atoms with Crippen LogP contribution in [0.25, 0.3) is 0 Å². The molecule has 5 heavy (non-hydrogen) atoms. The molecule has 0 rings (SSSR count). The first-order valence-electron chi connectivity index (χ1n) is 1.25. The first-order chi connectivity index (χ1) is 2.27. The SMILES string of the molecule is CC(O)S[SeH]. The van der Waals surface area contributed by atoms with Gasteiger partial charge in [0.1, 0.15) is 0 Å². The molecule has 0 aromatic rings. The molecular formula is C2H6OSSe. The van der Waals surface area contributed by atoms with Gasteiger partial charge in [0.25, 0.3) is 0 Å². The van der Waals surface area contributed by atoms with Gasteiger partial charge >= 0.3 is 42.5 Å². The van der Waals surface area contributed by atoms with E-state index in [9.17, 15) is 0 Å². The van der Waals surface area contributed by atoms with Crippen molar-refractivity contribution in [3.05, 3.63) is 0 Å². The van der Waals surface area contributed by atoms with Crippen molar-refractivity contribution in [2.75, 3.05) is 0 Å². The summed E-state index contributed by atoms with van der Waals surface area (Å²) in [4.78, 5) is 0. The summed E-state index contributed by atoms with van der Waals surface area (Å²) in [5.41, 5.74) is -0.227. The Morgan fingerprint density at radius 2 is 2.20 bits per heavy atom. The molecule has 0 saturated heterocycles. The fourth-order valence-electron chi connectivity index (χ4n) is 0. The first kappa shape index (κ1) is 5.83. The molecule has 0 saturated carbocycles. The normalized spacial score (nSPS) is 15.0. The van der Waals surface area contributed by atoms with Crippen molar-refractivity contribution in [1.82, 2.24) is 0 Å². The Balaban J connectivity index is 2.54. The zero-order valence-corrected chi connectivity index (χ0v) is 5.57. The molecule has 1 N–H and O–H groups in total. The summed E-state index contributed by atoms with van der Waals surface area (Å²) in [6.07, 6.45) is 0. The van der Waals surface area contributed by atoms with Gasteiger partial charge in [-0.3, -0.25) is 0 Å². The molecule has 0 aromatic carbocycles. The van der Waals surface area contributed by atoms with E-state index < -0.39 is 0 Å². The predicted molar refractivity (Wildman–Crippen MR) is 26.4 cm³/mol. The van der Waals surface area contributed by atoms with Crippen molar-refractivity contribution in [2.24, 2.45) is 0 Å². The molecule has 0 radical (unpaired) electrons. The molecule has 0 aliphatic heterocycles. The van der Waals surface area contributed by atoms with Gasteiger partial charge < -0.3 is 0 Å². The van der Waals surface area contributed by atoms with Gasteiger partial charge in [-0.15, -0.1) is 0 Å². The summed E-state index contributed by atoms with van der Waals surface area (Å²) in [6, 6.07) is 0. The zero-order valence-electron chi connectivity index (χ0n) is 2.88. The Morgan fingerprint density at radius 3 is 2.20 bits per heavy atom. The van der Waals surface area contributed by atoms with Crippen LogP contribution in [0.1, 0.15) is 6.92 Å². The van der Waals surface area contributed by atoms with Crippen LogP contribution >= 0.6 is 10.2 Å². The third-order valence-corrected chi connectivity index (χ3v) is 2.38. The fourth-order valence-corrected chi connectivity index (χ4v) is 0. The molecule has 0 bridgehead atoms. The Morgan fingerprint density at radius 1 is 2.00 bits per heavy atom. The Labute approximate surface area is 43.0 Å². The van der Waals surface area contributed by atoms with Crippen LogP contribution in [-0.4, -0.2) is 25.4 Å². The topological polar surface area (TPSA) is 20.2 Å². The van der Waals surface area contributed by atoms with Crippen LogP contribution in [0.5, 0.6) is 0 Å². The van der Waals surface area contributed by atoms with Crippen molar-refractivity contribution in [2.45, 2.75) is 12.4 Å². The van der Waals surface area contributed by atoms with Crippen molar-refractivity contribution >= 4 is 25.1 Å². The van der Waals surface area contributed by atoms with Gasteiger partial charge in [-0.2, -0.15) is 0 Å². The second kappa shape index (κ2) is 3.04. The summed E-state index contributed by atoms with van der Waals surface area (Å²) in [5, 5.41) is 8.31. The monoisotopic (exact) mass is 158 g/mol. The van der Waals surface area contributed by atoms with Crippen LogP contribution in [0.4, 0.5) is 0 Å². The summed E-state index contributed by atoms with van der Waals surface area (Å²) in [5.74, 6) is 0. The molecular weight excluding hydrogens is 151 g/mol. The van der Waals surface area contributed by atoms with Gasteiger partial charge in [-0.05, 0) is 0 Å². The van der Waals surface area contributed by atoms with Gasteiger partial charge in [0.2, 0.25) is 0 Å². The van der Waals surface area contributed by atoms with E-state index in [1.165, 1.54) is 10.2 Å². The van der Waals surface area contributed by atoms with E-state index in [1.54, 1.807) is 6.92 Å². The zero-order chi connectivity index (χ0) is 4.28. The van der Waals surface area contributed by atoms with Crippen LogP contribution in [0.2, 0.25) is 0 Å². The molecule has 1 atom stereocenters. The second-order valence-electron chi connectivity index (χ2n) is 0.705. The van der Waals surface area contributed by atoms with Gasteiger partial charge in [0.05, 0.1) is 0 Å². The number of hydrogen-bond acceptors (Lipinski definition) is 2. The van der Waals surface area contributed by atoms with E-state index in [2.05, 4.69) is 14.9 Å². The van der Waals surface area contributed by atoms with Gasteiger partial charge in [0.15, 0.2) is 0 Å². The van der Waals surface area contributed by atoms with Crippen LogP contribution < -0.4 is 0 Å². The Hall–Kier alpha value is 0.829. The molecule has 3 heteroatoms. The van der Waals surface area contributed by atoms with Gasteiger partial charge in [0, 0.05) is 0 Å². The van der Waals surface area contributed by atoms with Crippen molar-refractivity contribution in [1.29, 1.82) is 0 Å². The predicted octanol–water partition coefficient (Wildman–Crippen LogP) is -0.126. The second-order valence-corrected chi connectivity index (χ2v) is 2.92. The number of aliphatic hydroxyl groups is 1. The molecule has 0 amide bonds.